The monoisotopic (exact) mass is 290 g/mol. The fourth-order valence-electron chi connectivity index (χ4n) is 2.93. The van der Waals surface area contributed by atoms with Gasteiger partial charge in [-0.2, -0.15) is 13.2 Å². The molecule has 0 bridgehead atoms. The number of nitrogens with two attached hydrogens (primary N) is 1. The van der Waals surface area contributed by atoms with Gasteiger partial charge in [0, 0.05) is 6.04 Å². The topological polar surface area (TPSA) is 38.0 Å². The van der Waals surface area contributed by atoms with E-state index in [1.807, 2.05) is 0 Å². The maximum atomic E-state index is 13.3. The summed E-state index contributed by atoms with van der Waals surface area (Å²) in [7, 11) is 0. The van der Waals surface area contributed by atoms with Crippen molar-refractivity contribution in [1.29, 1.82) is 0 Å². The van der Waals surface area contributed by atoms with Gasteiger partial charge >= 0.3 is 6.18 Å². The zero-order chi connectivity index (χ0) is 14.8. The second kappa shape index (κ2) is 6.10. The van der Waals surface area contributed by atoms with Gasteiger partial charge in [0.15, 0.2) is 0 Å². The Labute approximate surface area is 115 Å². The van der Waals surface area contributed by atoms with Crippen LogP contribution in [0.15, 0.2) is 18.2 Å². The van der Waals surface area contributed by atoms with Crippen LogP contribution in [0.4, 0.5) is 17.6 Å². The van der Waals surface area contributed by atoms with Crippen molar-refractivity contribution in [2.75, 3.05) is 0 Å². The lowest BCUT2D eigenvalue weighted by Crippen LogP contribution is -2.34. The van der Waals surface area contributed by atoms with Crippen molar-refractivity contribution >= 4 is 0 Å². The fourth-order valence-corrected chi connectivity index (χ4v) is 2.93. The lowest BCUT2D eigenvalue weighted by atomic mass is 9.81. The van der Waals surface area contributed by atoms with Gasteiger partial charge in [-0.1, -0.05) is 25.3 Å². The summed E-state index contributed by atoms with van der Waals surface area (Å²) in [6.07, 6.45) is 0.407. The van der Waals surface area contributed by atoms with E-state index in [1.54, 1.807) is 0 Å². The molecule has 0 spiro atoms. The molecule has 1 fully saturated rings. The fraction of sp³-hybridized carbons (Fsp3) is 0.571. The van der Waals surface area contributed by atoms with E-state index in [4.69, 9.17) is 5.84 Å². The molecule has 2 nitrogen and oxygen atoms in total. The van der Waals surface area contributed by atoms with Gasteiger partial charge in [0.2, 0.25) is 0 Å². The highest BCUT2D eigenvalue weighted by Gasteiger charge is 2.35. The molecule has 1 unspecified atom stereocenters. The second-order valence-corrected chi connectivity index (χ2v) is 5.28. The molecular formula is C14H18F4N2. The van der Waals surface area contributed by atoms with E-state index < -0.39 is 17.6 Å². The normalized spacial score (nSPS) is 19.1. The highest BCUT2D eigenvalue weighted by Crippen LogP contribution is 2.37. The SMILES string of the molecule is NNC(c1ccc(F)c(C(F)(F)F)c1)C1CCCCC1. The van der Waals surface area contributed by atoms with Gasteiger partial charge in [-0.3, -0.25) is 11.3 Å². The highest BCUT2D eigenvalue weighted by atomic mass is 19.4. The van der Waals surface area contributed by atoms with E-state index in [-0.39, 0.29) is 12.0 Å². The standard InChI is InChI=1S/C14H18F4N2/c15-12-7-6-10(8-11(12)14(16,17)18)13(20-19)9-4-2-1-3-5-9/h6-9,13,20H,1-5,19H2. The van der Waals surface area contributed by atoms with Gasteiger partial charge in [0.1, 0.15) is 5.82 Å². The summed E-state index contributed by atoms with van der Waals surface area (Å²) in [5.74, 6) is 4.45. The van der Waals surface area contributed by atoms with Gasteiger partial charge in [0.25, 0.3) is 0 Å². The Kier molecular flexibility index (Phi) is 4.65. The molecule has 1 aliphatic rings. The molecule has 2 rings (SSSR count). The number of hydrogen-bond donors (Lipinski definition) is 2. The molecule has 1 aliphatic carbocycles. The van der Waals surface area contributed by atoms with Gasteiger partial charge in [-0.15, -0.1) is 0 Å². The lowest BCUT2D eigenvalue weighted by Gasteiger charge is -2.30. The van der Waals surface area contributed by atoms with Crippen LogP contribution < -0.4 is 11.3 Å². The molecule has 0 radical (unpaired) electrons. The molecule has 1 aromatic carbocycles. The summed E-state index contributed by atoms with van der Waals surface area (Å²) < 4.78 is 51.5. The van der Waals surface area contributed by atoms with Crippen molar-refractivity contribution in [3.63, 3.8) is 0 Å². The average Bonchev–Trinajstić information content (AvgIpc) is 2.41. The molecule has 6 heteroatoms. The van der Waals surface area contributed by atoms with Crippen LogP contribution in [-0.4, -0.2) is 0 Å². The molecule has 112 valence electrons. The van der Waals surface area contributed by atoms with Crippen molar-refractivity contribution < 1.29 is 17.6 Å². The Hall–Kier alpha value is -1.14. The third-order valence-corrected chi connectivity index (χ3v) is 3.96. The first-order valence-corrected chi connectivity index (χ1v) is 6.76. The number of benzene rings is 1. The van der Waals surface area contributed by atoms with Crippen molar-refractivity contribution in [2.45, 2.75) is 44.3 Å². The quantitative estimate of drug-likeness (QED) is 0.503. The number of hydrogen-bond acceptors (Lipinski definition) is 2. The minimum atomic E-state index is -4.69. The molecule has 1 atom stereocenters. The Morgan fingerprint density at radius 3 is 2.35 bits per heavy atom. The highest BCUT2D eigenvalue weighted by molar-refractivity contribution is 5.30. The average molecular weight is 290 g/mol. The van der Waals surface area contributed by atoms with E-state index in [0.717, 1.165) is 44.2 Å². The van der Waals surface area contributed by atoms with Crippen molar-refractivity contribution in [3.8, 4) is 0 Å². The summed E-state index contributed by atoms with van der Waals surface area (Å²) >= 11 is 0. The Balaban J connectivity index is 2.30. The number of nitrogens with one attached hydrogen (secondary N) is 1. The Morgan fingerprint density at radius 2 is 1.80 bits per heavy atom. The molecule has 20 heavy (non-hydrogen) atoms. The molecule has 3 N–H and O–H groups in total. The second-order valence-electron chi connectivity index (χ2n) is 5.28. The lowest BCUT2D eigenvalue weighted by molar-refractivity contribution is -0.140. The minimum absolute atomic E-state index is 0.195. The number of alkyl halides is 3. The summed E-state index contributed by atoms with van der Waals surface area (Å²) in [5.41, 5.74) is 1.76. The third kappa shape index (κ3) is 3.30. The first kappa shape index (κ1) is 15.3. The maximum Gasteiger partial charge on any atom is 0.419 e. The zero-order valence-electron chi connectivity index (χ0n) is 11.0. The minimum Gasteiger partial charge on any atom is -0.271 e. The molecule has 0 amide bonds. The molecule has 1 saturated carbocycles. The number of halogens is 4. The van der Waals surface area contributed by atoms with Crippen LogP contribution in [0, 0.1) is 11.7 Å². The van der Waals surface area contributed by atoms with Gasteiger partial charge < -0.3 is 0 Å². The summed E-state index contributed by atoms with van der Waals surface area (Å²) in [4.78, 5) is 0. The zero-order valence-corrected chi connectivity index (χ0v) is 11.0. The first-order valence-electron chi connectivity index (χ1n) is 6.76. The van der Waals surface area contributed by atoms with E-state index in [2.05, 4.69) is 5.43 Å². The van der Waals surface area contributed by atoms with Crippen LogP contribution in [-0.2, 0) is 6.18 Å². The smallest absolute Gasteiger partial charge is 0.271 e. The summed E-state index contributed by atoms with van der Waals surface area (Å²) in [6.45, 7) is 0. The van der Waals surface area contributed by atoms with Crippen LogP contribution >= 0.6 is 0 Å². The number of hydrazine groups is 1. The number of rotatable bonds is 3. The third-order valence-electron chi connectivity index (χ3n) is 3.96. The van der Waals surface area contributed by atoms with Crippen LogP contribution in [0.1, 0.15) is 49.3 Å². The van der Waals surface area contributed by atoms with Crippen LogP contribution in [0.25, 0.3) is 0 Å². The van der Waals surface area contributed by atoms with Crippen molar-refractivity contribution in [2.24, 2.45) is 11.8 Å². The van der Waals surface area contributed by atoms with Gasteiger partial charge in [0.05, 0.1) is 5.56 Å². The molecule has 0 saturated heterocycles. The van der Waals surface area contributed by atoms with E-state index in [1.165, 1.54) is 6.07 Å². The molecule has 0 aromatic heterocycles. The molecule has 0 heterocycles. The van der Waals surface area contributed by atoms with E-state index in [9.17, 15) is 17.6 Å². The van der Waals surface area contributed by atoms with Gasteiger partial charge in [-0.25, -0.2) is 4.39 Å². The molecule has 1 aromatic rings. The largest absolute Gasteiger partial charge is 0.419 e. The van der Waals surface area contributed by atoms with Crippen LogP contribution in [0.2, 0.25) is 0 Å². The predicted octanol–water partition coefficient (Wildman–Crippen LogP) is 3.93. The van der Waals surface area contributed by atoms with E-state index >= 15 is 0 Å². The molecule has 0 aliphatic heterocycles. The predicted molar refractivity (Wildman–Crippen MR) is 68.0 cm³/mol. The van der Waals surface area contributed by atoms with Crippen molar-refractivity contribution in [3.05, 3.63) is 35.1 Å². The van der Waals surface area contributed by atoms with E-state index in [0.29, 0.717) is 5.56 Å². The Bertz CT molecular complexity index is 453. The summed E-state index contributed by atoms with van der Waals surface area (Å²) in [6, 6.07) is 2.75. The van der Waals surface area contributed by atoms with Crippen LogP contribution in [0.5, 0.6) is 0 Å². The Morgan fingerprint density at radius 1 is 1.15 bits per heavy atom. The first-order chi connectivity index (χ1) is 9.43. The molecular weight excluding hydrogens is 272 g/mol. The summed E-state index contributed by atoms with van der Waals surface area (Å²) in [5, 5.41) is 0. The van der Waals surface area contributed by atoms with Gasteiger partial charge in [-0.05, 0) is 36.5 Å². The van der Waals surface area contributed by atoms with Crippen molar-refractivity contribution in [1.82, 2.24) is 5.43 Å². The van der Waals surface area contributed by atoms with Crippen LogP contribution in [0.3, 0.4) is 0 Å². The maximum absolute atomic E-state index is 13.3.